The van der Waals surface area contributed by atoms with Gasteiger partial charge in [-0.25, -0.2) is 4.79 Å². The van der Waals surface area contributed by atoms with Crippen LogP contribution in [0, 0.1) is 5.92 Å². The number of benzene rings is 1. The van der Waals surface area contributed by atoms with Gasteiger partial charge in [-0.15, -0.1) is 0 Å². The molecule has 0 saturated carbocycles. The van der Waals surface area contributed by atoms with E-state index in [4.69, 9.17) is 4.74 Å². The van der Waals surface area contributed by atoms with Gasteiger partial charge in [0.25, 0.3) is 0 Å². The molecular weight excluding hydrogens is 412 g/mol. The van der Waals surface area contributed by atoms with Crippen LogP contribution in [0.1, 0.15) is 25.8 Å². The number of nitrogens with one attached hydrogen (secondary N) is 2. The number of carbonyl (C=O) groups excluding carboxylic acids is 2. The van der Waals surface area contributed by atoms with E-state index in [0.717, 1.165) is 68.6 Å². The Kier molecular flexibility index (Phi) is 9.49. The Labute approximate surface area is 190 Å². The van der Waals surface area contributed by atoms with E-state index >= 15 is 0 Å². The minimum absolute atomic E-state index is 0.179. The Morgan fingerprint density at radius 3 is 2.39 bits per heavy atom. The van der Waals surface area contributed by atoms with Crippen LogP contribution in [0.5, 0.6) is 0 Å². The van der Waals surface area contributed by atoms with Gasteiger partial charge in [0.1, 0.15) is 0 Å². The number of anilines is 1. The molecule has 1 atom stereocenters. The lowest BCUT2D eigenvalue weighted by atomic mass is 10.0. The van der Waals surface area contributed by atoms with Crippen LogP contribution in [0.4, 0.5) is 10.5 Å². The molecule has 7 nitrogen and oxygen atoms in total. The van der Waals surface area contributed by atoms with Gasteiger partial charge in [-0.05, 0) is 30.0 Å². The van der Waals surface area contributed by atoms with E-state index in [1.165, 1.54) is 0 Å². The van der Waals surface area contributed by atoms with Crippen LogP contribution in [0.2, 0.25) is 0 Å². The van der Waals surface area contributed by atoms with Crippen molar-refractivity contribution in [1.29, 1.82) is 0 Å². The maximum Gasteiger partial charge on any atom is 0.319 e. The van der Waals surface area contributed by atoms with Crippen molar-refractivity contribution in [2.75, 3.05) is 62.8 Å². The first-order valence-electron chi connectivity index (χ1n) is 11.3. The number of rotatable bonds is 8. The SMILES string of the molecule is CC(C)CC(CNC(=O)Nc1ccc(CC(=O)N2CCSCC2)cc1)N1CCOCC1. The second kappa shape index (κ2) is 12.3. The molecule has 31 heavy (non-hydrogen) atoms. The van der Waals surface area contributed by atoms with Crippen molar-refractivity contribution in [2.24, 2.45) is 5.92 Å². The Balaban J connectivity index is 1.45. The number of morpholine rings is 1. The third kappa shape index (κ3) is 8.01. The van der Waals surface area contributed by atoms with Crippen molar-refractivity contribution in [3.63, 3.8) is 0 Å². The fourth-order valence-corrected chi connectivity index (χ4v) is 4.94. The Bertz CT molecular complexity index is 701. The summed E-state index contributed by atoms with van der Waals surface area (Å²) in [7, 11) is 0. The average molecular weight is 449 g/mol. The van der Waals surface area contributed by atoms with Gasteiger partial charge in [0.15, 0.2) is 0 Å². The van der Waals surface area contributed by atoms with Gasteiger partial charge >= 0.3 is 6.03 Å². The monoisotopic (exact) mass is 448 g/mol. The van der Waals surface area contributed by atoms with Gasteiger partial charge in [0.05, 0.1) is 19.6 Å². The van der Waals surface area contributed by atoms with Crippen LogP contribution in [0.15, 0.2) is 24.3 Å². The van der Waals surface area contributed by atoms with Crippen LogP contribution >= 0.6 is 11.8 Å². The van der Waals surface area contributed by atoms with Gasteiger partial charge < -0.3 is 20.3 Å². The summed E-state index contributed by atoms with van der Waals surface area (Å²) >= 11 is 1.90. The molecule has 0 aromatic heterocycles. The first kappa shape index (κ1) is 23.9. The molecule has 2 N–H and O–H groups in total. The molecule has 2 heterocycles. The summed E-state index contributed by atoms with van der Waals surface area (Å²) in [5.74, 6) is 2.79. The number of hydrogen-bond donors (Lipinski definition) is 2. The molecule has 2 aliphatic heterocycles. The number of carbonyl (C=O) groups is 2. The van der Waals surface area contributed by atoms with Crippen LogP contribution in [0.25, 0.3) is 0 Å². The molecule has 2 saturated heterocycles. The number of amides is 3. The topological polar surface area (TPSA) is 73.9 Å². The molecular formula is C23H36N4O3S. The summed E-state index contributed by atoms with van der Waals surface area (Å²) in [4.78, 5) is 29.2. The van der Waals surface area contributed by atoms with E-state index in [-0.39, 0.29) is 11.9 Å². The number of hydrogen-bond acceptors (Lipinski definition) is 5. The minimum Gasteiger partial charge on any atom is -0.379 e. The molecule has 0 aliphatic carbocycles. The van der Waals surface area contributed by atoms with Gasteiger partial charge in [-0.2, -0.15) is 11.8 Å². The van der Waals surface area contributed by atoms with Gasteiger partial charge in [0, 0.05) is 56.0 Å². The number of urea groups is 1. The Morgan fingerprint density at radius 1 is 1.06 bits per heavy atom. The smallest absolute Gasteiger partial charge is 0.319 e. The van der Waals surface area contributed by atoms with E-state index in [2.05, 4.69) is 29.4 Å². The zero-order chi connectivity index (χ0) is 22.1. The second-order valence-electron chi connectivity index (χ2n) is 8.63. The van der Waals surface area contributed by atoms with Gasteiger partial charge in [-0.3, -0.25) is 9.69 Å². The molecule has 0 radical (unpaired) electrons. The van der Waals surface area contributed by atoms with E-state index in [0.29, 0.717) is 24.9 Å². The molecule has 172 valence electrons. The maximum absolute atomic E-state index is 12.4. The third-order valence-corrected chi connectivity index (χ3v) is 6.68. The molecule has 1 unspecified atom stereocenters. The van der Waals surface area contributed by atoms with Crippen LogP contribution in [-0.2, 0) is 16.0 Å². The molecule has 3 rings (SSSR count). The highest BCUT2D eigenvalue weighted by Crippen LogP contribution is 2.15. The van der Waals surface area contributed by atoms with E-state index in [1.807, 2.05) is 40.9 Å². The molecule has 8 heteroatoms. The van der Waals surface area contributed by atoms with Crippen molar-refractivity contribution in [3.8, 4) is 0 Å². The number of thioether (sulfide) groups is 1. The second-order valence-corrected chi connectivity index (χ2v) is 9.86. The van der Waals surface area contributed by atoms with Crippen molar-refractivity contribution in [2.45, 2.75) is 32.7 Å². The fraction of sp³-hybridized carbons (Fsp3) is 0.652. The highest BCUT2D eigenvalue weighted by atomic mass is 32.2. The minimum atomic E-state index is -0.198. The molecule has 0 spiro atoms. The van der Waals surface area contributed by atoms with Crippen molar-refractivity contribution in [1.82, 2.24) is 15.1 Å². The first-order valence-corrected chi connectivity index (χ1v) is 12.5. The Morgan fingerprint density at radius 2 is 1.74 bits per heavy atom. The highest BCUT2D eigenvalue weighted by Gasteiger charge is 2.22. The summed E-state index contributed by atoms with van der Waals surface area (Å²) in [5, 5.41) is 5.93. The summed E-state index contributed by atoms with van der Waals surface area (Å²) in [6, 6.07) is 7.68. The van der Waals surface area contributed by atoms with Crippen LogP contribution in [0.3, 0.4) is 0 Å². The number of ether oxygens (including phenoxy) is 1. The van der Waals surface area contributed by atoms with Gasteiger partial charge in [-0.1, -0.05) is 26.0 Å². The summed E-state index contributed by atoms with van der Waals surface area (Å²) < 4.78 is 5.46. The summed E-state index contributed by atoms with van der Waals surface area (Å²) in [5.41, 5.74) is 1.70. The Hall–Kier alpha value is -1.77. The van der Waals surface area contributed by atoms with Crippen LogP contribution in [-0.4, -0.2) is 85.2 Å². The molecule has 1 aromatic carbocycles. The fourth-order valence-electron chi connectivity index (χ4n) is 4.04. The van der Waals surface area contributed by atoms with E-state index in [1.54, 1.807) is 0 Å². The average Bonchev–Trinajstić information content (AvgIpc) is 2.79. The van der Waals surface area contributed by atoms with Crippen molar-refractivity contribution < 1.29 is 14.3 Å². The summed E-state index contributed by atoms with van der Waals surface area (Å²) in [6.45, 7) is 10.1. The zero-order valence-corrected chi connectivity index (χ0v) is 19.6. The van der Waals surface area contributed by atoms with E-state index < -0.39 is 0 Å². The summed E-state index contributed by atoms with van der Waals surface area (Å²) in [6.07, 6.45) is 1.45. The predicted molar refractivity (Wildman–Crippen MR) is 127 cm³/mol. The molecule has 1 aromatic rings. The lowest BCUT2D eigenvalue weighted by Crippen LogP contribution is -2.49. The maximum atomic E-state index is 12.4. The molecule has 2 aliphatic rings. The lowest BCUT2D eigenvalue weighted by molar-refractivity contribution is -0.130. The highest BCUT2D eigenvalue weighted by molar-refractivity contribution is 7.99. The predicted octanol–water partition coefficient (Wildman–Crippen LogP) is 2.67. The standard InChI is InChI=1S/C23H36N4O3S/c1-18(2)15-21(26-7-11-30-12-8-26)17-24-23(29)25-20-5-3-19(4-6-20)16-22(28)27-9-13-31-14-10-27/h3-6,18,21H,7-17H2,1-2H3,(H2,24,25,29). The molecule has 0 bridgehead atoms. The van der Waals surface area contributed by atoms with Crippen molar-refractivity contribution >= 4 is 29.4 Å². The largest absolute Gasteiger partial charge is 0.379 e. The van der Waals surface area contributed by atoms with E-state index in [9.17, 15) is 9.59 Å². The normalized spacial score (nSPS) is 18.6. The lowest BCUT2D eigenvalue weighted by Gasteiger charge is -2.35. The number of nitrogens with zero attached hydrogens (tertiary/aromatic N) is 2. The zero-order valence-electron chi connectivity index (χ0n) is 18.8. The third-order valence-electron chi connectivity index (χ3n) is 5.73. The van der Waals surface area contributed by atoms with Crippen molar-refractivity contribution in [3.05, 3.63) is 29.8 Å². The first-order chi connectivity index (χ1) is 15.0. The van der Waals surface area contributed by atoms with Gasteiger partial charge in [0.2, 0.25) is 5.91 Å². The van der Waals surface area contributed by atoms with Crippen LogP contribution < -0.4 is 10.6 Å². The molecule has 2 fully saturated rings. The molecule has 3 amide bonds. The quantitative estimate of drug-likeness (QED) is 0.640.